The molecule has 0 aromatic heterocycles. The molecule has 3 rings (SSSR count). The molecule has 0 heterocycles. The van der Waals surface area contributed by atoms with Crippen LogP contribution < -0.4 is 14.8 Å². The number of sulfonamides is 1. The lowest BCUT2D eigenvalue weighted by atomic mass is 10.2. The summed E-state index contributed by atoms with van der Waals surface area (Å²) in [5.41, 5.74) is 1.58. The highest BCUT2D eigenvalue weighted by Crippen LogP contribution is 2.13. The van der Waals surface area contributed by atoms with Gasteiger partial charge in [0.2, 0.25) is 0 Å². The van der Waals surface area contributed by atoms with Crippen molar-refractivity contribution >= 4 is 27.7 Å². The van der Waals surface area contributed by atoms with Crippen LogP contribution in [0.15, 0.2) is 90.3 Å². The lowest BCUT2D eigenvalue weighted by molar-refractivity contribution is 0.0947. The van der Waals surface area contributed by atoms with Crippen molar-refractivity contribution in [2.45, 2.75) is 0 Å². The maximum Gasteiger partial charge on any atom is 0.255 e. The molecule has 0 spiro atoms. The predicted molar refractivity (Wildman–Crippen MR) is 119 cm³/mol. The van der Waals surface area contributed by atoms with E-state index in [1.807, 2.05) is 60.7 Å². The number of rotatable bonds is 9. The van der Waals surface area contributed by atoms with Crippen molar-refractivity contribution < 1.29 is 17.9 Å². The van der Waals surface area contributed by atoms with E-state index in [4.69, 9.17) is 4.74 Å². The summed E-state index contributed by atoms with van der Waals surface area (Å²) < 4.78 is 32.4. The summed E-state index contributed by atoms with van der Waals surface area (Å²) >= 11 is 0. The third-order valence-corrected chi connectivity index (χ3v) is 5.06. The minimum Gasteiger partial charge on any atom is -0.492 e. The fourth-order valence-corrected chi connectivity index (χ4v) is 3.44. The average Bonchev–Trinajstić information content (AvgIpc) is 2.77. The van der Waals surface area contributed by atoms with Gasteiger partial charge in [0.15, 0.2) is 0 Å². The molecule has 0 saturated heterocycles. The molecule has 3 aromatic carbocycles. The molecule has 30 heavy (non-hydrogen) atoms. The third kappa shape index (κ3) is 6.79. The lowest BCUT2D eigenvalue weighted by Gasteiger charge is -2.09. The fourth-order valence-electron chi connectivity index (χ4n) is 2.57. The number of amides is 1. The zero-order valence-electron chi connectivity index (χ0n) is 16.2. The van der Waals surface area contributed by atoms with E-state index < -0.39 is 10.0 Å². The Morgan fingerprint density at radius 2 is 1.50 bits per heavy atom. The first-order valence-corrected chi connectivity index (χ1v) is 10.9. The topological polar surface area (TPSA) is 84.5 Å². The summed E-state index contributed by atoms with van der Waals surface area (Å²) in [6, 6.07) is 24.7. The van der Waals surface area contributed by atoms with Crippen LogP contribution in [-0.4, -0.2) is 27.5 Å². The van der Waals surface area contributed by atoms with Crippen LogP contribution in [0.5, 0.6) is 5.75 Å². The van der Waals surface area contributed by atoms with E-state index in [0.29, 0.717) is 24.4 Å². The van der Waals surface area contributed by atoms with E-state index in [2.05, 4.69) is 10.0 Å². The maximum absolute atomic E-state index is 12.2. The Labute approximate surface area is 176 Å². The van der Waals surface area contributed by atoms with Gasteiger partial charge in [0.05, 0.1) is 12.0 Å². The number of nitrogens with one attached hydrogen (secondary N) is 2. The van der Waals surface area contributed by atoms with Gasteiger partial charge >= 0.3 is 0 Å². The summed E-state index contributed by atoms with van der Waals surface area (Å²) in [6.45, 7) is 0.702. The van der Waals surface area contributed by atoms with E-state index in [-0.39, 0.29) is 5.91 Å². The summed E-state index contributed by atoms with van der Waals surface area (Å²) in [5.74, 6) is 0.481. The number of para-hydroxylation sites is 1. The van der Waals surface area contributed by atoms with Gasteiger partial charge in [-0.3, -0.25) is 9.52 Å². The van der Waals surface area contributed by atoms with Crippen molar-refractivity contribution in [3.63, 3.8) is 0 Å². The summed E-state index contributed by atoms with van der Waals surface area (Å²) in [6.07, 6.45) is 1.52. The molecule has 7 heteroatoms. The van der Waals surface area contributed by atoms with Crippen molar-refractivity contribution in [3.05, 3.63) is 101 Å². The predicted octanol–water partition coefficient (Wildman–Crippen LogP) is 3.91. The second-order valence-electron chi connectivity index (χ2n) is 6.36. The molecule has 0 aliphatic carbocycles. The largest absolute Gasteiger partial charge is 0.492 e. The number of carbonyl (C=O) groups excluding carboxylic acids is 1. The number of hydrogen-bond acceptors (Lipinski definition) is 4. The van der Waals surface area contributed by atoms with Gasteiger partial charge in [-0.25, -0.2) is 8.42 Å². The van der Waals surface area contributed by atoms with Crippen LogP contribution in [0.1, 0.15) is 15.9 Å². The van der Waals surface area contributed by atoms with Crippen molar-refractivity contribution in [2.75, 3.05) is 17.9 Å². The Bertz CT molecular complexity index is 1080. The van der Waals surface area contributed by atoms with Crippen molar-refractivity contribution in [2.24, 2.45) is 0 Å². The molecule has 154 valence electrons. The van der Waals surface area contributed by atoms with Crippen molar-refractivity contribution in [1.29, 1.82) is 0 Å². The molecule has 1 amide bonds. The van der Waals surface area contributed by atoms with E-state index in [1.165, 1.54) is 6.08 Å². The number of hydrogen-bond donors (Lipinski definition) is 2. The Hall–Kier alpha value is -3.58. The number of ether oxygens (including phenoxy) is 1. The Balaban J connectivity index is 1.49. The minimum atomic E-state index is -3.66. The second-order valence-corrected chi connectivity index (χ2v) is 7.92. The Morgan fingerprint density at radius 1 is 0.867 bits per heavy atom. The first-order chi connectivity index (χ1) is 14.5. The van der Waals surface area contributed by atoms with Crippen molar-refractivity contribution in [3.8, 4) is 5.75 Å². The summed E-state index contributed by atoms with van der Waals surface area (Å²) in [5, 5.41) is 3.87. The monoisotopic (exact) mass is 422 g/mol. The molecule has 0 fully saturated rings. The number of benzene rings is 3. The van der Waals surface area contributed by atoms with Crippen LogP contribution in [0.25, 0.3) is 6.08 Å². The van der Waals surface area contributed by atoms with Gasteiger partial charge < -0.3 is 10.1 Å². The van der Waals surface area contributed by atoms with Gasteiger partial charge in [0, 0.05) is 11.3 Å². The van der Waals surface area contributed by atoms with Crippen LogP contribution >= 0.6 is 0 Å². The SMILES string of the molecule is O=C(NCCOc1ccccc1)c1ccc(NS(=O)(=O)/C=C/c2ccccc2)cc1. The van der Waals surface area contributed by atoms with Gasteiger partial charge in [-0.05, 0) is 48.0 Å². The van der Waals surface area contributed by atoms with Gasteiger partial charge in [0.25, 0.3) is 15.9 Å². The second kappa shape index (κ2) is 10.3. The molecule has 0 bridgehead atoms. The standard InChI is InChI=1S/C23H22N2O4S/c26-23(24-16-17-29-22-9-5-2-6-10-22)20-11-13-21(14-12-20)25-30(27,28)18-15-19-7-3-1-4-8-19/h1-15,18,25H,16-17H2,(H,24,26)/b18-15+. The number of anilines is 1. The first-order valence-electron chi connectivity index (χ1n) is 9.34. The molecular weight excluding hydrogens is 400 g/mol. The summed E-state index contributed by atoms with van der Waals surface area (Å²) in [4.78, 5) is 12.2. The fraction of sp³-hybridized carbons (Fsp3) is 0.0870. The Morgan fingerprint density at radius 3 is 2.17 bits per heavy atom. The zero-order chi connectivity index (χ0) is 21.2. The molecule has 0 unspecified atom stereocenters. The molecule has 0 aliphatic rings. The molecule has 2 N–H and O–H groups in total. The molecule has 3 aromatic rings. The molecule has 0 aliphatic heterocycles. The van der Waals surface area contributed by atoms with Gasteiger partial charge in [-0.15, -0.1) is 0 Å². The van der Waals surface area contributed by atoms with Crippen LogP contribution in [-0.2, 0) is 10.0 Å². The number of carbonyl (C=O) groups is 1. The van der Waals surface area contributed by atoms with E-state index in [9.17, 15) is 13.2 Å². The molecule has 6 nitrogen and oxygen atoms in total. The minimum absolute atomic E-state index is 0.259. The Kier molecular flexibility index (Phi) is 7.24. The smallest absolute Gasteiger partial charge is 0.255 e. The normalized spacial score (nSPS) is 11.2. The molecular formula is C23H22N2O4S. The zero-order valence-corrected chi connectivity index (χ0v) is 17.0. The van der Waals surface area contributed by atoms with E-state index in [0.717, 1.165) is 16.7 Å². The third-order valence-electron chi connectivity index (χ3n) is 4.05. The first kappa shape index (κ1) is 21.1. The highest BCUT2D eigenvalue weighted by Gasteiger charge is 2.08. The van der Waals surface area contributed by atoms with Crippen molar-refractivity contribution in [1.82, 2.24) is 5.32 Å². The lowest BCUT2D eigenvalue weighted by Crippen LogP contribution is -2.28. The van der Waals surface area contributed by atoms with Crippen LogP contribution in [0.2, 0.25) is 0 Å². The van der Waals surface area contributed by atoms with E-state index >= 15 is 0 Å². The van der Waals surface area contributed by atoms with Gasteiger partial charge in [-0.1, -0.05) is 48.5 Å². The maximum atomic E-state index is 12.2. The summed E-state index contributed by atoms with van der Waals surface area (Å²) in [7, 11) is -3.66. The van der Waals surface area contributed by atoms with Crippen LogP contribution in [0, 0.1) is 0 Å². The van der Waals surface area contributed by atoms with E-state index in [1.54, 1.807) is 24.3 Å². The molecule has 0 saturated carbocycles. The quantitative estimate of drug-likeness (QED) is 0.512. The highest BCUT2D eigenvalue weighted by molar-refractivity contribution is 7.95. The molecule has 0 radical (unpaired) electrons. The highest BCUT2D eigenvalue weighted by atomic mass is 32.2. The average molecular weight is 423 g/mol. The van der Waals surface area contributed by atoms with Crippen LogP contribution in [0.3, 0.4) is 0 Å². The van der Waals surface area contributed by atoms with Gasteiger partial charge in [0.1, 0.15) is 12.4 Å². The van der Waals surface area contributed by atoms with Gasteiger partial charge in [-0.2, -0.15) is 0 Å². The van der Waals surface area contributed by atoms with Crippen LogP contribution in [0.4, 0.5) is 5.69 Å². The molecule has 0 atom stereocenters.